The molecule has 1 aliphatic carbocycles. The summed E-state index contributed by atoms with van der Waals surface area (Å²) in [6.45, 7) is 1.92. The average molecular weight is 249 g/mol. The molecule has 16 heavy (non-hydrogen) atoms. The van der Waals surface area contributed by atoms with Crippen molar-refractivity contribution in [1.82, 2.24) is 10.6 Å². The van der Waals surface area contributed by atoms with Gasteiger partial charge in [0.25, 0.3) is 0 Å². The highest BCUT2D eigenvalue weighted by atomic mass is 35.5. The number of amides is 1. The Kier molecular flexibility index (Phi) is 4.15. The molecule has 2 rings (SSSR count). The summed E-state index contributed by atoms with van der Waals surface area (Å²) in [7, 11) is 1.31. The van der Waals surface area contributed by atoms with Gasteiger partial charge in [-0.15, -0.1) is 12.4 Å². The first-order valence-electron chi connectivity index (χ1n) is 5.23. The number of hydrogen-bond acceptors (Lipinski definition) is 4. The first-order valence-corrected chi connectivity index (χ1v) is 5.23. The van der Waals surface area contributed by atoms with Crippen molar-refractivity contribution < 1.29 is 14.3 Å². The fourth-order valence-corrected chi connectivity index (χ4v) is 2.31. The van der Waals surface area contributed by atoms with Crippen LogP contribution in [-0.2, 0) is 14.3 Å². The highest BCUT2D eigenvalue weighted by Crippen LogP contribution is 2.56. The van der Waals surface area contributed by atoms with Gasteiger partial charge in [0.15, 0.2) is 0 Å². The number of hydrogen-bond donors (Lipinski definition) is 2. The molecule has 1 heterocycles. The number of ether oxygens (including phenoxy) is 1. The fraction of sp³-hybridized carbons (Fsp3) is 0.800. The van der Waals surface area contributed by atoms with Crippen molar-refractivity contribution >= 4 is 24.3 Å². The maximum Gasteiger partial charge on any atom is 0.325 e. The van der Waals surface area contributed by atoms with Gasteiger partial charge >= 0.3 is 5.97 Å². The monoisotopic (exact) mass is 248 g/mol. The van der Waals surface area contributed by atoms with Gasteiger partial charge < -0.3 is 15.4 Å². The van der Waals surface area contributed by atoms with Crippen molar-refractivity contribution in [3.05, 3.63) is 0 Å². The van der Waals surface area contributed by atoms with Crippen LogP contribution in [0.2, 0.25) is 0 Å². The highest BCUT2D eigenvalue weighted by Gasteiger charge is 2.58. The van der Waals surface area contributed by atoms with Gasteiger partial charge in [-0.2, -0.15) is 0 Å². The average Bonchev–Trinajstić information content (AvgIpc) is 2.73. The molecule has 5 nitrogen and oxygen atoms in total. The van der Waals surface area contributed by atoms with Gasteiger partial charge in [0.05, 0.1) is 7.11 Å². The molecule has 2 fully saturated rings. The van der Waals surface area contributed by atoms with Gasteiger partial charge in [0, 0.05) is 12.5 Å². The molecule has 2 atom stereocenters. The summed E-state index contributed by atoms with van der Waals surface area (Å²) in [5, 5.41) is 5.87. The molecule has 2 aliphatic rings. The SMILES string of the molecule is COC(=O)CNC(=O)C1CC12CCNC2.Cl. The van der Waals surface area contributed by atoms with Crippen LogP contribution in [0.15, 0.2) is 0 Å². The lowest BCUT2D eigenvalue weighted by atomic mass is 10.0. The van der Waals surface area contributed by atoms with E-state index < -0.39 is 5.97 Å². The predicted octanol–water partition coefficient (Wildman–Crippen LogP) is -0.303. The predicted molar refractivity (Wildman–Crippen MR) is 60.3 cm³/mol. The van der Waals surface area contributed by atoms with Crippen molar-refractivity contribution in [2.45, 2.75) is 12.8 Å². The number of carbonyl (C=O) groups is 2. The number of rotatable bonds is 3. The summed E-state index contributed by atoms with van der Waals surface area (Å²) in [4.78, 5) is 22.5. The quantitative estimate of drug-likeness (QED) is 0.673. The van der Waals surface area contributed by atoms with Crippen molar-refractivity contribution in [2.24, 2.45) is 11.3 Å². The minimum atomic E-state index is -0.400. The second-order valence-electron chi connectivity index (χ2n) is 4.34. The smallest absolute Gasteiger partial charge is 0.325 e. The Hall–Kier alpha value is -0.810. The molecule has 1 amide bonds. The lowest BCUT2D eigenvalue weighted by Crippen LogP contribution is -2.33. The molecule has 0 aromatic carbocycles. The largest absolute Gasteiger partial charge is 0.468 e. The van der Waals surface area contributed by atoms with Gasteiger partial charge in [0.2, 0.25) is 5.91 Å². The Labute approximate surface area is 101 Å². The van der Waals surface area contributed by atoms with Crippen molar-refractivity contribution in [3.8, 4) is 0 Å². The maximum absolute atomic E-state index is 11.6. The van der Waals surface area contributed by atoms with E-state index >= 15 is 0 Å². The molecule has 0 aromatic rings. The zero-order chi connectivity index (χ0) is 10.9. The van der Waals surface area contributed by atoms with E-state index in [0.717, 1.165) is 25.9 Å². The van der Waals surface area contributed by atoms with Crippen LogP contribution in [0.4, 0.5) is 0 Å². The van der Waals surface area contributed by atoms with Crippen LogP contribution in [-0.4, -0.2) is 38.6 Å². The van der Waals surface area contributed by atoms with Gasteiger partial charge in [0.1, 0.15) is 6.54 Å². The topological polar surface area (TPSA) is 67.4 Å². The molecule has 1 aliphatic heterocycles. The van der Waals surface area contributed by atoms with E-state index in [1.54, 1.807) is 0 Å². The Morgan fingerprint density at radius 2 is 2.31 bits per heavy atom. The van der Waals surface area contributed by atoms with Crippen LogP contribution in [0, 0.1) is 11.3 Å². The third-order valence-electron chi connectivity index (χ3n) is 3.42. The van der Waals surface area contributed by atoms with E-state index in [2.05, 4.69) is 15.4 Å². The molecule has 0 aromatic heterocycles. The molecule has 2 N–H and O–H groups in total. The first-order chi connectivity index (χ1) is 7.18. The number of methoxy groups -OCH3 is 1. The van der Waals surface area contributed by atoms with E-state index in [1.807, 2.05) is 0 Å². The third kappa shape index (κ3) is 2.47. The summed E-state index contributed by atoms with van der Waals surface area (Å²) in [6.07, 6.45) is 2.02. The van der Waals surface area contributed by atoms with E-state index in [1.165, 1.54) is 7.11 Å². The number of halogens is 1. The molecule has 1 saturated heterocycles. The molecule has 1 spiro atoms. The van der Waals surface area contributed by atoms with Crippen molar-refractivity contribution in [3.63, 3.8) is 0 Å². The molecule has 92 valence electrons. The summed E-state index contributed by atoms with van der Waals surface area (Å²) < 4.78 is 4.45. The highest BCUT2D eigenvalue weighted by molar-refractivity contribution is 5.86. The fourth-order valence-electron chi connectivity index (χ4n) is 2.31. The Bertz CT molecular complexity index is 290. The Morgan fingerprint density at radius 1 is 1.56 bits per heavy atom. The van der Waals surface area contributed by atoms with Gasteiger partial charge in [-0.05, 0) is 24.8 Å². The summed E-state index contributed by atoms with van der Waals surface area (Å²) in [5.74, 6) is -0.316. The van der Waals surface area contributed by atoms with Gasteiger partial charge in [-0.1, -0.05) is 0 Å². The van der Waals surface area contributed by atoms with Crippen molar-refractivity contribution in [2.75, 3.05) is 26.7 Å². The lowest BCUT2D eigenvalue weighted by Gasteiger charge is -2.07. The van der Waals surface area contributed by atoms with Crippen LogP contribution in [0.1, 0.15) is 12.8 Å². The molecule has 1 saturated carbocycles. The van der Waals surface area contributed by atoms with Crippen LogP contribution in [0.5, 0.6) is 0 Å². The zero-order valence-corrected chi connectivity index (χ0v) is 10.1. The number of nitrogens with one attached hydrogen (secondary N) is 2. The Balaban J connectivity index is 0.00000128. The standard InChI is InChI=1S/C10H16N2O3.ClH/c1-15-8(13)5-12-9(14)7-4-10(7)2-3-11-6-10;/h7,11H,2-6H2,1H3,(H,12,14);1H. The first kappa shape index (κ1) is 13.3. The van der Waals surface area contributed by atoms with E-state index in [0.29, 0.717) is 0 Å². The minimum Gasteiger partial charge on any atom is -0.468 e. The van der Waals surface area contributed by atoms with Gasteiger partial charge in [-0.3, -0.25) is 9.59 Å². The minimum absolute atomic E-state index is 0. The van der Waals surface area contributed by atoms with E-state index in [4.69, 9.17) is 0 Å². The third-order valence-corrected chi connectivity index (χ3v) is 3.42. The molecule has 6 heteroatoms. The van der Waals surface area contributed by atoms with Crippen LogP contribution in [0.25, 0.3) is 0 Å². The maximum atomic E-state index is 11.6. The number of carbonyl (C=O) groups excluding carboxylic acids is 2. The van der Waals surface area contributed by atoms with Gasteiger partial charge in [-0.25, -0.2) is 0 Å². The molecule has 0 radical (unpaired) electrons. The summed E-state index contributed by atoms with van der Waals surface area (Å²) >= 11 is 0. The van der Waals surface area contributed by atoms with E-state index in [9.17, 15) is 9.59 Å². The molecule has 2 unspecified atom stereocenters. The second-order valence-corrected chi connectivity index (χ2v) is 4.34. The van der Waals surface area contributed by atoms with Crippen LogP contribution < -0.4 is 10.6 Å². The Morgan fingerprint density at radius 3 is 2.88 bits per heavy atom. The van der Waals surface area contributed by atoms with E-state index in [-0.39, 0.29) is 36.2 Å². The zero-order valence-electron chi connectivity index (χ0n) is 9.25. The van der Waals surface area contributed by atoms with Crippen molar-refractivity contribution in [1.29, 1.82) is 0 Å². The number of esters is 1. The van der Waals surface area contributed by atoms with Crippen LogP contribution in [0.3, 0.4) is 0 Å². The lowest BCUT2D eigenvalue weighted by molar-refractivity contribution is -0.141. The molecular formula is C10H17ClN2O3. The summed E-state index contributed by atoms with van der Waals surface area (Å²) in [5.41, 5.74) is 0.195. The molecule has 0 bridgehead atoms. The van der Waals surface area contributed by atoms with Crippen LogP contribution >= 0.6 is 12.4 Å². The molecular weight excluding hydrogens is 232 g/mol. The normalized spacial score (nSPS) is 30.7. The summed E-state index contributed by atoms with van der Waals surface area (Å²) in [6, 6.07) is 0. The second kappa shape index (κ2) is 5.01.